The molecule has 4 heteroatoms. The molecule has 1 aliphatic rings. The molecular formula is C8H14ClN3. The van der Waals surface area contributed by atoms with Crippen LogP contribution in [0.2, 0.25) is 0 Å². The average Bonchev–Trinajstić information content (AvgIpc) is 2.55. The lowest BCUT2D eigenvalue weighted by atomic mass is 10.2. The summed E-state index contributed by atoms with van der Waals surface area (Å²) in [5, 5.41) is 4.19. The van der Waals surface area contributed by atoms with Crippen molar-refractivity contribution in [1.29, 1.82) is 0 Å². The Balaban J connectivity index is 0.000000720. The van der Waals surface area contributed by atoms with Gasteiger partial charge in [0.15, 0.2) is 0 Å². The van der Waals surface area contributed by atoms with Gasteiger partial charge in [0.05, 0.1) is 6.04 Å². The minimum Gasteiger partial charge on any atom is -0.326 e. The minimum atomic E-state index is 0. The Hall–Kier alpha value is -0.540. The molecule has 1 fully saturated rings. The van der Waals surface area contributed by atoms with E-state index in [1.54, 1.807) is 0 Å². The van der Waals surface area contributed by atoms with Gasteiger partial charge in [-0.2, -0.15) is 5.10 Å². The van der Waals surface area contributed by atoms with Gasteiger partial charge in [-0.3, -0.25) is 4.68 Å². The monoisotopic (exact) mass is 187 g/mol. The van der Waals surface area contributed by atoms with E-state index in [0.717, 1.165) is 6.42 Å². The van der Waals surface area contributed by atoms with E-state index in [1.807, 2.05) is 23.1 Å². The van der Waals surface area contributed by atoms with Crippen LogP contribution in [0.25, 0.3) is 0 Å². The molecular weight excluding hydrogens is 174 g/mol. The summed E-state index contributed by atoms with van der Waals surface area (Å²) < 4.78 is 1.98. The third-order valence-corrected chi connectivity index (χ3v) is 2.40. The van der Waals surface area contributed by atoms with Crippen molar-refractivity contribution >= 4 is 12.4 Å². The summed E-state index contributed by atoms with van der Waals surface area (Å²) in [6.45, 7) is 0. The first-order chi connectivity index (χ1) is 5.38. The predicted molar refractivity (Wildman–Crippen MR) is 50.3 cm³/mol. The fourth-order valence-electron chi connectivity index (χ4n) is 1.77. The third-order valence-electron chi connectivity index (χ3n) is 2.40. The van der Waals surface area contributed by atoms with Gasteiger partial charge in [-0.05, 0) is 25.3 Å². The molecule has 1 aromatic heterocycles. The smallest absolute Gasteiger partial charge is 0.0670 e. The van der Waals surface area contributed by atoms with Crippen LogP contribution in [0.1, 0.15) is 25.3 Å². The topological polar surface area (TPSA) is 43.8 Å². The molecule has 0 saturated heterocycles. The van der Waals surface area contributed by atoms with Crippen molar-refractivity contribution < 1.29 is 0 Å². The van der Waals surface area contributed by atoms with Gasteiger partial charge in [0.2, 0.25) is 0 Å². The Labute approximate surface area is 78.4 Å². The second-order valence-corrected chi connectivity index (χ2v) is 3.15. The average molecular weight is 188 g/mol. The standard InChI is InChI=1S/C8H13N3.ClH/c9-7-3-1-4-8(7)11-6-2-5-10-11;/h2,5-8H,1,3-4,9H2;1H/t7-,8+;/m1./s1. The highest BCUT2D eigenvalue weighted by atomic mass is 35.5. The van der Waals surface area contributed by atoms with Crippen molar-refractivity contribution in [1.82, 2.24) is 9.78 Å². The highest BCUT2D eigenvalue weighted by Gasteiger charge is 2.25. The van der Waals surface area contributed by atoms with Crippen LogP contribution in [0, 0.1) is 0 Å². The van der Waals surface area contributed by atoms with Crippen LogP contribution in [0.15, 0.2) is 18.5 Å². The van der Waals surface area contributed by atoms with Crippen molar-refractivity contribution in [3.63, 3.8) is 0 Å². The molecule has 2 N–H and O–H groups in total. The fourth-order valence-corrected chi connectivity index (χ4v) is 1.77. The van der Waals surface area contributed by atoms with Crippen LogP contribution in [0.4, 0.5) is 0 Å². The zero-order valence-electron chi connectivity index (χ0n) is 6.89. The molecule has 0 aromatic carbocycles. The van der Waals surface area contributed by atoms with Crippen molar-refractivity contribution in [2.75, 3.05) is 0 Å². The van der Waals surface area contributed by atoms with Crippen LogP contribution >= 0.6 is 12.4 Å². The quantitative estimate of drug-likeness (QED) is 0.722. The van der Waals surface area contributed by atoms with Crippen molar-refractivity contribution in [2.24, 2.45) is 5.73 Å². The van der Waals surface area contributed by atoms with Crippen LogP contribution in [0.5, 0.6) is 0 Å². The van der Waals surface area contributed by atoms with Crippen LogP contribution in [-0.4, -0.2) is 15.8 Å². The minimum absolute atomic E-state index is 0. The molecule has 0 bridgehead atoms. The Morgan fingerprint density at radius 2 is 2.25 bits per heavy atom. The predicted octanol–water partition coefficient (Wildman–Crippen LogP) is 1.36. The zero-order valence-corrected chi connectivity index (χ0v) is 7.70. The first kappa shape index (κ1) is 9.55. The maximum atomic E-state index is 5.91. The van der Waals surface area contributed by atoms with E-state index in [9.17, 15) is 0 Å². The summed E-state index contributed by atoms with van der Waals surface area (Å²) in [4.78, 5) is 0. The normalized spacial score (nSPS) is 28.4. The van der Waals surface area contributed by atoms with Crippen molar-refractivity contribution in [2.45, 2.75) is 31.3 Å². The summed E-state index contributed by atoms with van der Waals surface area (Å²) in [5.41, 5.74) is 5.91. The molecule has 0 aliphatic heterocycles. The van der Waals surface area contributed by atoms with E-state index in [4.69, 9.17) is 5.73 Å². The van der Waals surface area contributed by atoms with Crippen LogP contribution in [-0.2, 0) is 0 Å². The first-order valence-corrected chi connectivity index (χ1v) is 4.12. The van der Waals surface area contributed by atoms with Gasteiger partial charge in [-0.15, -0.1) is 12.4 Å². The van der Waals surface area contributed by atoms with E-state index < -0.39 is 0 Å². The number of nitrogens with zero attached hydrogens (tertiary/aromatic N) is 2. The molecule has 2 rings (SSSR count). The number of hydrogen-bond acceptors (Lipinski definition) is 2. The molecule has 3 nitrogen and oxygen atoms in total. The summed E-state index contributed by atoms with van der Waals surface area (Å²) in [5.74, 6) is 0. The highest BCUT2D eigenvalue weighted by Crippen LogP contribution is 2.27. The summed E-state index contributed by atoms with van der Waals surface area (Å²) in [6, 6.07) is 2.71. The Bertz CT molecular complexity index is 222. The van der Waals surface area contributed by atoms with Gasteiger partial charge < -0.3 is 5.73 Å². The second kappa shape index (κ2) is 3.92. The van der Waals surface area contributed by atoms with E-state index in [2.05, 4.69) is 5.10 Å². The summed E-state index contributed by atoms with van der Waals surface area (Å²) >= 11 is 0. The molecule has 68 valence electrons. The molecule has 12 heavy (non-hydrogen) atoms. The van der Waals surface area contributed by atoms with Gasteiger partial charge >= 0.3 is 0 Å². The molecule has 1 saturated carbocycles. The van der Waals surface area contributed by atoms with Crippen molar-refractivity contribution in [3.05, 3.63) is 18.5 Å². The fraction of sp³-hybridized carbons (Fsp3) is 0.625. The van der Waals surface area contributed by atoms with Crippen LogP contribution < -0.4 is 5.73 Å². The number of halogens is 1. The maximum Gasteiger partial charge on any atom is 0.0670 e. The number of aromatic nitrogens is 2. The first-order valence-electron chi connectivity index (χ1n) is 4.12. The number of nitrogens with two attached hydrogens (primary N) is 1. The van der Waals surface area contributed by atoms with Crippen LogP contribution in [0.3, 0.4) is 0 Å². The highest BCUT2D eigenvalue weighted by molar-refractivity contribution is 5.85. The number of hydrogen-bond donors (Lipinski definition) is 1. The SMILES string of the molecule is Cl.N[C@@H]1CCC[C@@H]1n1cccn1. The summed E-state index contributed by atoms with van der Waals surface area (Å²) in [6.07, 6.45) is 7.37. The van der Waals surface area contributed by atoms with E-state index >= 15 is 0 Å². The van der Waals surface area contributed by atoms with E-state index in [0.29, 0.717) is 12.1 Å². The molecule has 0 radical (unpaired) electrons. The van der Waals surface area contributed by atoms with E-state index in [-0.39, 0.29) is 12.4 Å². The third kappa shape index (κ3) is 1.62. The number of rotatable bonds is 1. The van der Waals surface area contributed by atoms with Gasteiger partial charge in [-0.25, -0.2) is 0 Å². The maximum absolute atomic E-state index is 5.91. The Morgan fingerprint density at radius 1 is 1.42 bits per heavy atom. The van der Waals surface area contributed by atoms with E-state index in [1.165, 1.54) is 12.8 Å². The van der Waals surface area contributed by atoms with Gasteiger partial charge in [0.25, 0.3) is 0 Å². The summed E-state index contributed by atoms with van der Waals surface area (Å²) in [7, 11) is 0. The molecule has 0 unspecified atom stereocenters. The molecule has 0 spiro atoms. The molecule has 2 atom stereocenters. The lowest BCUT2D eigenvalue weighted by molar-refractivity contribution is 0.422. The lowest BCUT2D eigenvalue weighted by Crippen LogP contribution is -2.27. The van der Waals surface area contributed by atoms with Gasteiger partial charge in [-0.1, -0.05) is 0 Å². The molecule has 1 heterocycles. The molecule has 0 amide bonds. The van der Waals surface area contributed by atoms with Crippen molar-refractivity contribution in [3.8, 4) is 0 Å². The largest absolute Gasteiger partial charge is 0.326 e. The van der Waals surface area contributed by atoms with Gasteiger partial charge in [0.1, 0.15) is 0 Å². The molecule has 1 aromatic rings. The Morgan fingerprint density at radius 3 is 2.75 bits per heavy atom. The lowest BCUT2D eigenvalue weighted by Gasteiger charge is -2.15. The van der Waals surface area contributed by atoms with Gasteiger partial charge in [0, 0.05) is 18.4 Å². The zero-order chi connectivity index (χ0) is 7.68. The second-order valence-electron chi connectivity index (χ2n) is 3.15. The Kier molecular flexibility index (Phi) is 3.12. The molecule has 1 aliphatic carbocycles.